The SMILES string of the molecule is OC[C@@H]1O[C@@H](O[C@H]2CO[C@H](CO)[C@@H](O)[C@@H]2O)[C@@H](O)[C@H](O)[C@@H]1OCc1ccccc1. The summed E-state index contributed by atoms with van der Waals surface area (Å²) in [7, 11) is 0. The maximum atomic E-state index is 10.5. The molecular weight excluding hydrogens is 388 g/mol. The van der Waals surface area contributed by atoms with Crippen LogP contribution in [0.25, 0.3) is 0 Å². The standard InChI is InChI=1S/C19H28O10/c20-6-11-14(22)15(23)13(9-26-11)29-19-17(25)16(24)18(12(7-21)28-19)27-8-10-4-2-1-3-5-10/h1-5,11-25H,6-9H2/t11-,12+,13+,14-,15-,16+,17+,18-,19+/m1/s1. The van der Waals surface area contributed by atoms with Gasteiger partial charge in [-0.05, 0) is 5.56 Å². The molecule has 1 aromatic carbocycles. The van der Waals surface area contributed by atoms with Crippen molar-refractivity contribution in [1.82, 2.24) is 0 Å². The molecule has 9 atom stereocenters. The molecule has 10 nitrogen and oxygen atoms in total. The van der Waals surface area contributed by atoms with E-state index in [-0.39, 0.29) is 13.2 Å². The zero-order valence-electron chi connectivity index (χ0n) is 15.7. The molecule has 10 heteroatoms. The second kappa shape index (κ2) is 10.2. The maximum absolute atomic E-state index is 10.5. The van der Waals surface area contributed by atoms with Crippen LogP contribution in [-0.4, -0.2) is 106 Å². The molecule has 164 valence electrons. The minimum Gasteiger partial charge on any atom is -0.394 e. The molecule has 6 N–H and O–H groups in total. The van der Waals surface area contributed by atoms with Gasteiger partial charge in [0.25, 0.3) is 0 Å². The van der Waals surface area contributed by atoms with Crippen molar-refractivity contribution < 1.29 is 49.6 Å². The highest BCUT2D eigenvalue weighted by Gasteiger charge is 2.48. The van der Waals surface area contributed by atoms with Crippen LogP contribution >= 0.6 is 0 Å². The van der Waals surface area contributed by atoms with Crippen LogP contribution in [0.4, 0.5) is 0 Å². The molecule has 2 fully saturated rings. The first kappa shape index (κ1) is 22.5. The van der Waals surface area contributed by atoms with Crippen molar-refractivity contribution in [2.24, 2.45) is 0 Å². The molecule has 2 heterocycles. The molecule has 2 aliphatic heterocycles. The van der Waals surface area contributed by atoms with Gasteiger partial charge in [0, 0.05) is 0 Å². The van der Waals surface area contributed by atoms with Gasteiger partial charge in [-0.25, -0.2) is 0 Å². The molecule has 2 aliphatic rings. The predicted molar refractivity (Wildman–Crippen MR) is 96.5 cm³/mol. The third kappa shape index (κ3) is 5.12. The first-order valence-corrected chi connectivity index (χ1v) is 9.48. The van der Waals surface area contributed by atoms with Gasteiger partial charge < -0.3 is 49.6 Å². The number of aliphatic hydroxyl groups is 6. The predicted octanol–water partition coefficient (Wildman–Crippen LogP) is -2.49. The summed E-state index contributed by atoms with van der Waals surface area (Å²) in [6.45, 7) is -0.990. The van der Waals surface area contributed by atoms with Crippen LogP contribution < -0.4 is 0 Å². The van der Waals surface area contributed by atoms with Crippen molar-refractivity contribution in [2.45, 2.75) is 61.7 Å². The Hall–Kier alpha value is -1.18. The Morgan fingerprint density at radius 1 is 0.862 bits per heavy atom. The Morgan fingerprint density at radius 3 is 2.21 bits per heavy atom. The van der Waals surface area contributed by atoms with E-state index in [1.165, 1.54) is 0 Å². The van der Waals surface area contributed by atoms with Gasteiger partial charge in [0.1, 0.15) is 48.8 Å². The van der Waals surface area contributed by atoms with E-state index in [4.69, 9.17) is 24.1 Å². The van der Waals surface area contributed by atoms with Gasteiger partial charge in [-0.1, -0.05) is 30.3 Å². The summed E-state index contributed by atoms with van der Waals surface area (Å²) in [6.07, 6.45) is -11.1. The average Bonchev–Trinajstić information content (AvgIpc) is 2.74. The fourth-order valence-electron chi connectivity index (χ4n) is 3.45. The van der Waals surface area contributed by atoms with E-state index in [0.717, 1.165) is 5.56 Å². The summed E-state index contributed by atoms with van der Waals surface area (Å²) in [5.41, 5.74) is 0.846. The monoisotopic (exact) mass is 416 g/mol. The first-order chi connectivity index (χ1) is 14.0. The van der Waals surface area contributed by atoms with Crippen molar-refractivity contribution in [3.8, 4) is 0 Å². The van der Waals surface area contributed by atoms with Gasteiger partial charge in [-0.15, -0.1) is 0 Å². The Morgan fingerprint density at radius 2 is 1.55 bits per heavy atom. The van der Waals surface area contributed by atoms with Crippen molar-refractivity contribution in [1.29, 1.82) is 0 Å². The Bertz CT molecular complexity index is 614. The Labute approximate surface area is 167 Å². The molecule has 29 heavy (non-hydrogen) atoms. The zero-order valence-corrected chi connectivity index (χ0v) is 15.7. The van der Waals surface area contributed by atoms with Gasteiger partial charge in [-0.2, -0.15) is 0 Å². The topological polar surface area (TPSA) is 158 Å². The number of hydrogen-bond donors (Lipinski definition) is 6. The van der Waals surface area contributed by atoms with Crippen molar-refractivity contribution in [2.75, 3.05) is 19.8 Å². The van der Waals surface area contributed by atoms with Crippen LogP contribution in [0.3, 0.4) is 0 Å². The second-order valence-electron chi connectivity index (χ2n) is 7.18. The molecule has 0 aromatic heterocycles. The number of ether oxygens (including phenoxy) is 4. The largest absolute Gasteiger partial charge is 0.394 e. The summed E-state index contributed by atoms with van der Waals surface area (Å²) >= 11 is 0. The zero-order chi connectivity index (χ0) is 21.0. The average molecular weight is 416 g/mol. The number of rotatable bonds is 7. The van der Waals surface area contributed by atoms with Crippen LogP contribution in [0.15, 0.2) is 30.3 Å². The minimum absolute atomic E-state index is 0.143. The number of hydrogen-bond acceptors (Lipinski definition) is 10. The maximum Gasteiger partial charge on any atom is 0.187 e. The van der Waals surface area contributed by atoms with E-state index in [0.29, 0.717) is 0 Å². The highest BCUT2D eigenvalue weighted by atomic mass is 16.7. The van der Waals surface area contributed by atoms with E-state index in [2.05, 4.69) is 0 Å². The lowest BCUT2D eigenvalue weighted by atomic mass is 9.97. The van der Waals surface area contributed by atoms with Crippen LogP contribution in [0, 0.1) is 0 Å². The molecule has 1 aromatic rings. The van der Waals surface area contributed by atoms with Gasteiger partial charge in [0.15, 0.2) is 6.29 Å². The fourth-order valence-corrected chi connectivity index (χ4v) is 3.45. The highest BCUT2D eigenvalue weighted by molar-refractivity contribution is 5.13. The quantitative estimate of drug-likeness (QED) is 0.281. The smallest absolute Gasteiger partial charge is 0.187 e. The van der Waals surface area contributed by atoms with Gasteiger partial charge in [-0.3, -0.25) is 0 Å². The summed E-state index contributed by atoms with van der Waals surface area (Å²) in [5, 5.41) is 59.8. The summed E-state index contributed by atoms with van der Waals surface area (Å²) in [4.78, 5) is 0. The van der Waals surface area contributed by atoms with Crippen molar-refractivity contribution >= 4 is 0 Å². The Kier molecular flexibility index (Phi) is 7.93. The number of aliphatic hydroxyl groups excluding tert-OH is 6. The van der Waals surface area contributed by atoms with Crippen molar-refractivity contribution in [3.63, 3.8) is 0 Å². The molecule has 0 amide bonds. The van der Waals surface area contributed by atoms with Crippen LogP contribution in [0.2, 0.25) is 0 Å². The van der Waals surface area contributed by atoms with Crippen LogP contribution in [0.5, 0.6) is 0 Å². The highest BCUT2D eigenvalue weighted by Crippen LogP contribution is 2.28. The summed E-state index contributed by atoms with van der Waals surface area (Å²) < 4.78 is 22.0. The van der Waals surface area contributed by atoms with E-state index in [1.54, 1.807) is 0 Å². The first-order valence-electron chi connectivity index (χ1n) is 9.48. The Balaban J connectivity index is 1.61. The third-order valence-corrected chi connectivity index (χ3v) is 5.18. The molecule has 3 rings (SSSR count). The van der Waals surface area contributed by atoms with Gasteiger partial charge in [0.2, 0.25) is 0 Å². The number of benzene rings is 1. The molecule has 0 spiro atoms. The normalized spacial score (nSPS) is 40.7. The third-order valence-electron chi connectivity index (χ3n) is 5.18. The lowest BCUT2D eigenvalue weighted by Crippen LogP contribution is -2.62. The van der Waals surface area contributed by atoms with Gasteiger partial charge >= 0.3 is 0 Å². The van der Waals surface area contributed by atoms with E-state index in [9.17, 15) is 25.5 Å². The molecular formula is C19H28O10. The van der Waals surface area contributed by atoms with Crippen molar-refractivity contribution in [3.05, 3.63) is 35.9 Å². The van der Waals surface area contributed by atoms with Gasteiger partial charge in [0.05, 0.1) is 26.4 Å². The summed E-state index contributed by atoms with van der Waals surface area (Å²) in [6, 6.07) is 9.20. The van der Waals surface area contributed by atoms with Crippen LogP contribution in [0.1, 0.15) is 5.56 Å². The van der Waals surface area contributed by atoms with E-state index < -0.39 is 68.3 Å². The molecule has 0 saturated carbocycles. The lowest BCUT2D eigenvalue weighted by molar-refractivity contribution is -0.336. The lowest BCUT2D eigenvalue weighted by Gasteiger charge is -2.44. The van der Waals surface area contributed by atoms with Crippen LogP contribution in [-0.2, 0) is 25.6 Å². The minimum atomic E-state index is -1.53. The van der Waals surface area contributed by atoms with E-state index >= 15 is 0 Å². The second-order valence-corrected chi connectivity index (χ2v) is 7.18. The molecule has 0 aliphatic carbocycles. The molecule has 0 radical (unpaired) electrons. The summed E-state index contributed by atoms with van der Waals surface area (Å²) in [5.74, 6) is 0. The fraction of sp³-hybridized carbons (Fsp3) is 0.684. The molecule has 0 bridgehead atoms. The van der Waals surface area contributed by atoms with E-state index in [1.807, 2.05) is 30.3 Å². The molecule has 0 unspecified atom stereocenters. The molecule has 2 saturated heterocycles.